The minimum atomic E-state index is -0.332. The molecule has 3 rings (SSSR count). The lowest BCUT2D eigenvalue weighted by Gasteiger charge is -2.32. The second kappa shape index (κ2) is 6.60. The van der Waals surface area contributed by atoms with Crippen LogP contribution < -0.4 is 10.4 Å². The van der Waals surface area contributed by atoms with Crippen LogP contribution in [0.25, 0.3) is 0 Å². The summed E-state index contributed by atoms with van der Waals surface area (Å²) in [6, 6.07) is 5.14. The number of piperidine rings is 1. The van der Waals surface area contributed by atoms with E-state index in [-0.39, 0.29) is 30.2 Å². The molecule has 7 heteroatoms. The Labute approximate surface area is 140 Å². The quantitative estimate of drug-likeness (QED) is 0.794. The molecule has 1 aromatic carbocycles. The van der Waals surface area contributed by atoms with Gasteiger partial charge in [-0.25, -0.2) is 0 Å². The molecule has 0 bridgehead atoms. The Kier molecular flexibility index (Phi) is 4.53. The fraction of sp³-hybridized carbons (Fsp3) is 0.471. The van der Waals surface area contributed by atoms with Gasteiger partial charge in [0.05, 0.1) is 5.69 Å². The summed E-state index contributed by atoms with van der Waals surface area (Å²) in [6.07, 6.45) is 2.25. The molecule has 1 saturated heterocycles. The van der Waals surface area contributed by atoms with Gasteiger partial charge in [0.1, 0.15) is 0 Å². The lowest BCUT2D eigenvalue weighted by Crippen LogP contribution is -2.46. The molecule has 0 unspecified atom stereocenters. The summed E-state index contributed by atoms with van der Waals surface area (Å²) in [5.74, 6) is -0.431. The predicted octanol–water partition coefficient (Wildman–Crippen LogP) is 1.10. The number of hydrogen-bond donors (Lipinski definition) is 2. The number of rotatable bonds is 2. The molecule has 0 saturated carbocycles. The van der Waals surface area contributed by atoms with Crippen molar-refractivity contribution >= 4 is 23.4 Å². The molecule has 24 heavy (non-hydrogen) atoms. The van der Waals surface area contributed by atoms with Crippen molar-refractivity contribution in [3.8, 4) is 0 Å². The third-order valence-electron chi connectivity index (χ3n) is 4.59. The standard InChI is InChI=1S/C17H21N3O4/c1-11(21)18-14-6-8-19(9-7-14)17(23)13-2-4-15-12(10-13)3-5-16(22)20(15)24/h2,4,10,14,24H,3,5-9H2,1H3,(H,18,21). The summed E-state index contributed by atoms with van der Waals surface area (Å²) in [6.45, 7) is 2.71. The number of nitrogens with zero attached hydrogens (tertiary/aromatic N) is 2. The molecule has 3 amide bonds. The summed E-state index contributed by atoms with van der Waals surface area (Å²) in [5, 5.41) is 13.3. The van der Waals surface area contributed by atoms with Crippen molar-refractivity contribution in [2.24, 2.45) is 0 Å². The van der Waals surface area contributed by atoms with Crippen LogP contribution in [0.15, 0.2) is 18.2 Å². The van der Waals surface area contributed by atoms with Gasteiger partial charge in [0.15, 0.2) is 0 Å². The number of anilines is 1. The van der Waals surface area contributed by atoms with Gasteiger partial charge in [0.2, 0.25) is 5.91 Å². The lowest BCUT2D eigenvalue weighted by molar-refractivity contribution is -0.124. The van der Waals surface area contributed by atoms with Crippen LogP contribution in [0.5, 0.6) is 0 Å². The number of benzene rings is 1. The summed E-state index contributed by atoms with van der Waals surface area (Å²) in [7, 11) is 0. The maximum atomic E-state index is 12.7. The topological polar surface area (TPSA) is 90.0 Å². The van der Waals surface area contributed by atoms with Crippen molar-refractivity contribution in [2.45, 2.75) is 38.6 Å². The van der Waals surface area contributed by atoms with Crippen molar-refractivity contribution < 1.29 is 19.6 Å². The van der Waals surface area contributed by atoms with Crippen molar-refractivity contribution in [2.75, 3.05) is 18.2 Å². The maximum absolute atomic E-state index is 12.7. The first-order chi connectivity index (χ1) is 11.5. The van der Waals surface area contributed by atoms with Crippen LogP contribution in [-0.2, 0) is 16.0 Å². The van der Waals surface area contributed by atoms with Gasteiger partial charge in [-0.1, -0.05) is 0 Å². The highest BCUT2D eigenvalue weighted by molar-refractivity contribution is 5.98. The Balaban J connectivity index is 1.68. The van der Waals surface area contributed by atoms with Crippen molar-refractivity contribution in [3.05, 3.63) is 29.3 Å². The van der Waals surface area contributed by atoms with Crippen LogP contribution in [0.2, 0.25) is 0 Å². The zero-order valence-electron chi connectivity index (χ0n) is 13.6. The van der Waals surface area contributed by atoms with E-state index in [4.69, 9.17) is 0 Å². The number of fused-ring (bicyclic) bond motifs is 1. The SMILES string of the molecule is CC(=O)NC1CCN(C(=O)c2ccc3c(c2)CCC(=O)N3O)CC1. The first-order valence-electron chi connectivity index (χ1n) is 8.17. The number of likely N-dealkylation sites (tertiary alicyclic amines) is 1. The lowest BCUT2D eigenvalue weighted by atomic mass is 9.98. The number of carbonyl (C=O) groups is 3. The number of hydrogen-bond acceptors (Lipinski definition) is 4. The minimum Gasteiger partial charge on any atom is -0.353 e. The molecule has 0 atom stereocenters. The molecule has 1 aromatic rings. The molecular weight excluding hydrogens is 310 g/mol. The Hall–Kier alpha value is -2.41. The third-order valence-corrected chi connectivity index (χ3v) is 4.59. The summed E-state index contributed by atoms with van der Waals surface area (Å²) in [4.78, 5) is 37.0. The average Bonchev–Trinajstić information content (AvgIpc) is 2.57. The fourth-order valence-corrected chi connectivity index (χ4v) is 3.30. The molecular formula is C17H21N3O4. The van der Waals surface area contributed by atoms with E-state index in [1.807, 2.05) is 0 Å². The van der Waals surface area contributed by atoms with Crippen molar-refractivity contribution in [1.82, 2.24) is 10.2 Å². The highest BCUT2D eigenvalue weighted by Crippen LogP contribution is 2.28. The number of hydroxylamine groups is 1. The molecule has 0 aliphatic carbocycles. The highest BCUT2D eigenvalue weighted by atomic mass is 16.5. The number of amides is 3. The molecule has 7 nitrogen and oxygen atoms in total. The number of carbonyl (C=O) groups excluding carboxylic acids is 3. The second-order valence-corrected chi connectivity index (χ2v) is 6.32. The Morgan fingerprint density at radius 2 is 1.92 bits per heavy atom. The Morgan fingerprint density at radius 1 is 1.21 bits per heavy atom. The van der Waals surface area contributed by atoms with E-state index < -0.39 is 0 Å². The Morgan fingerprint density at radius 3 is 2.58 bits per heavy atom. The van der Waals surface area contributed by atoms with Gasteiger partial charge in [0.25, 0.3) is 11.8 Å². The number of aryl methyl sites for hydroxylation is 1. The molecule has 2 heterocycles. The monoisotopic (exact) mass is 331 g/mol. The van der Waals surface area contributed by atoms with Gasteiger partial charge in [-0.15, -0.1) is 0 Å². The van der Waals surface area contributed by atoms with Gasteiger partial charge in [-0.05, 0) is 43.0 Å². The van der Waals surface area contributed by atoms with E-state index in [1.165, 1.54) is 6.92 Å². The van der Waals surface area contributed by atoms with Crippen LogP contribution in [-0.4, -0.2) is 47.0 Å². The molecule has 2 aliphatic heterocycles. The zero-order chi connectivity index (χ0) is 17.3. The highest BCUT2D eigenvalue weighted by Gasteiger charge is 2.27. The fourth-order valence-electron chi connectivity index (χ4n) is 3.30. The number of nitrogens with one attached hydrogen (secondary N) is 1. The molecule has 1 fully saturated rings. The largest absolute Gasteiger partial charge is 0.353 e. The van der Waals surface area contributed by atoms with Gasteiger partial charge >= 0.3 is 0 Å². The van der Waals surface area contributed by atoms with E-state index in [1.54, 1.807) is 23.1 Å². The molecule has 128 valence electrons. The third kappa shape index (κ3) is 3.26. The van der Waals surface area contributed by atoms with Gasteiger partial charge in [0, 0.05) is 38.0 Å². The smallest absolute Gasteiger partial charge is 0.253 e. The Bertz CT molecular complexity index is 680. The minimum absolute atomic E-state index is 0.0439. The first kappa shape index (κ1) is 16.4. The van der Waals surface area contributed by atoms with Crippen LogP contribution >= 0.6 is 0 Å². The van der Waals surface area contributed by atoms with Crippen LogP contribution in [0.3, 0.4) is 0 Å². The van der Waals surface area contributed by atoms with E-state index in [0.29, 0.717) is 35.8 Å². The summed E-state index contributed by atoms with van der Waals surface area (Å²) >= 11 is 0. The van der Waals surface area contributed by atoms with Gasteiger partial charge in [-0.2, -0.15) is 5.06 Å². The van der Waals surface area contributed by atoms with E-state index in [0.717, 1.165) is 18.4 Å². The normalized spacial score (nSPS) is 18.3. The van der Waals surface area contributed by atoms with Gasteiger partial charge in [-0.3, -0.25) is 19.6 Å². The van der Waals surface area contributed by atoms with Crippen LogP contribution in [0, 0.1) is 0 Å². The molecule has 0 radical (unpaired) electrons. The van der Waals surface area contributed by atoms with Crippen molar-refractivity contribution in [1.29, 1.82) is 0 Å². The van der Waals surface area contributed by atoms with Crippen molar-refractivity contribution in [3.63, 3.8) is 0 Å². The van der Waals surface area contributed by atoms with Crippen LogP contribution in [0.1, 0.15) is 42.1 Å². The molecule has 2 N–H and O–H groups in total. The summed E-state index contributed by atoms with van der Waals surface area (Å²) < 4.78 is 0. The van der Waals surface area contributed by atoms with Crippen LogP contribution in [0.4, 0.5) is 5.69 Å². The van der Waals surface area contributed by atoms with E-state index in [2.05, 4.69) is 5.32 Å². The summed E-state index contributed by atoms with van der Waals surface area (Å²) in [5.41, 5.74) is 1.82. The average molecular weight is 331 g/mol. The van der Waals surface area contributed by atoms with Gasteiger partial charge < -0.3 is 10.2 Å². The predicted molar refractivity (Wildman–Crippen MR) is 86.8 cm³/mol. The van der Waals surface area contributed by atoms with E-state index in [9.17, 15) is 19.6 Å². The van der Waals surface area contributed by atoms with E-state index >= 15 is 0 Å². The second-order valence-electron chi connectivity index (χ2n) is 6.32. The molecule has 2 aliphatic rings. The maximum Gasteiger partial charge on any atom is 0.253 e. The zero-order valence-corrected chi connectivity index (χ0v) is 13.6. The first-order valence-corrected chi connectivity index (χ1v) is 8.17. The molecule has 0 spiro atoms. The molecule has 0 aromatic heterocycles.